The van der Waals surface area contributed by atoms with E-state index in [0.717, 1.165) is 0 Å². The second kappa shape index (κ2) is 8.64. The van der Waals surface area contributed by atoms with Crippen molar-refractivity contribution in [1.82, 2.24) is 0 Å². The second-order valence-corrected chi connectivity index (χ2v) is 5.49. The molecule has 0 aliphatic rings. The third-order valence-corrected chi connectivity index (χ3v) is 3.73. The lowest BCUT2D eigenvalue weighted by Gasteiger charge is -2.11. The minimum absolute atomic E-state index is 0.172. The predicted molar refractivity (Wildman–Crippen MR) is 94.0 cm³/mol. The van der Waals surface area contributed by atoms with Crippen LogP contribution in [-0.4, -0.2) is 33.8 Å². The molecule has 0 saturated heterocycles. The molecule has 0 heterocycles. The summed E-state index contributed by atoms with van der Waals surface area (Å²) in [6.45, 7) is 0. The zero-order valence-corrected chi connectivity index (χ0v) is 14.9. The molecule has 2 rings (SSSR count). The van der Waals surface area contributed by atoms with Crippen LogP contribution in [0.3, 0.4) is 0 Å². The lowest BCUT2D eigenvalue weighted by atomic mass is 10.2. The number of ether oxygens (including phenoxy) is 2. The Kier molecular flexibility index (Phi) is 6.55. The van der Waals surface area contributed by atoms with Gasteiger partial charge in [0.15, 0.2) is 0 Å². The van der Waals surface area contributed by atoms with Crippen LogP contribution in [-0.2, 0) is 9.47 Å². The molecule has 0 radical (unpaired) electrons. The summed E-state index contributed by atoms with van der Waals surface area (Å²) >= 11 is 12.1. The molecule has 9 heteroatoms. The molecular weight excluding hydrogens is 370 g/mol. The fraction of sp³-hybridized carbons (Fsp3) is 0.125. The van der Waals surface area contributed by atoms with Gasteiger partial charge in [0.1, 0.15) is 11.5 Å². The number of carbonyl (C=O) groups is 2. The molecule has 0 fully saturated rings. The number of methoxy groups -OCH3 is 2. The third kappa shape index (κ3) is 4.81. The van der Waals surface area contributed by atoms with E-state index in [2.05, 4.69) is 9.47 Å². The predicted octanol–water partition coefficient (Wildman–Crippen LogP) is 3.29. The van der Waals surface area contributed by atoms with Gasteiger partial charge in [-0.1, -0.05) is 23.2 Å². The molecule has 0 saturated carbocycles. The Morgan fingerprint density at radius 3 is 1.52 bits per heavy atom. The Hall–Kier alpha value is -2.38. The Bertz CT molecular complexity index is 731. The van der Waals surface area contributed by atoms with Gasteiger partial charge in [-0.15, -0.1) is 0 Å². The molecule has 0 aliphatic carbocycles. The summed E-state index contributed by atoms with van der Waals surface area (Å²) in [5.41, 5.74) is 0.615. The van der Waals surface area contributed by atoms with Crippen LogP contribution in [0.4, 0.5) is 0 Å². The Morgan fingerprint density at radius 1 is 0.800 bits per heavy atom. The van der Waals surface area contributed by atoms with E-state index < -0.39 is 11.9 Å². The van der Waals surface area contributed by atoms with Gasteiger partial charge in [0.25, 0.3) is 0 Å². The highest BCUT2D eigenvalue weighted by Gasteiger charge is 2.12. The number of carbonyl (C=O) groups excluding carboxylic acids is 2. The van der Waals surface area contributed by atoms with E-state index in [1.54, 1.807) is 0 Å². The summed E-state index contributed by atoms with van der Waals surface area (Å²) in [7, 11) is 2.39. The van der Waals surface area contributed by atoms with Crippen LogP contribution < -0.4 is 9.31 Å². The second-order valence-electron chi connectivity index (χ2n) is 4.68. The first-order valence-corrected chi connectivity index (χ1v) is 7.73. The quantitative estimate of drug-likeness (QED) is 0.563. The summed E-state index contributed by atoms with van der Waals surface area (Å²) in [6.07, 6.45) is 0. The lowest BCUT2D eigenvalue weighted by Crippen LogP contribution is -2.12. The lowest BCUT2D eigenvalue weighted by molar-refractivity contribution is 0.0592. The van der Waals surface area contributed by atoms with Gasteiger partial charge in [-0.3, -0.25) is 0 Å². The molecule has 25 heavy (non-hydrogen) atoms. The highest BCUT2D eigenvalue weighted by molar-refractivity contribution is 6.34. The first-order chi connectivity index (χ1) is 12.0. The maximum Gasteiger partial charge on any atom is 0.576 e. The van der Waals surface area contributed by atoms with Crippen molar-refractivity contribution >= 4 is 42.8 Å². The van der Waals surface area contributed by atoms with Crippen LogP contribution in [0.1, 0.15) is 20.7 Å². The molecule has 6 nitrogen and oxygen atoms in total. The Morgan fingerprint density at radius 2 is 1.20 bits per heavy atom. The van der Waals surface area contributed by atoms with Crippen molar-refractivity contribution < 1.29 is 28.4 Å². The first kappa shape index (κ1) is 19.0. The highest BCUT2D eigenvalue weighted by Crippen LogP contribution is 2.28. The summed E-state index contributed by atoms with van der Waals surface area (Å²) in [5.74, 6) is -0.336. The van der Waals surface area contributed by atoms with E-state index in [-0.39, 0.29) is 17.7 Å². The standard InChI is InChI=1S/C16H13BCl2O6/c1-22-15(20)9-3-5-13(11(18)7-9)24-17-25-14-6-4-10(8-12(14)19)16(21)23-2/h3-8,17H,1-2H3. The minimum atomic E-state index is -0.498. The molecule has 0 unspecified atom stereocenters. The van der Waals surface area contributed by atoms with Crippen LogP contribution in [0.15, 0.2) is 36.4 Å². The number of rotatable bonds is 6. The van der Waals surface area contributed by atoms with Gasteiger partial charge < -0.3 is 18.8 Å². The van der Waals surface area contributed by atoms with E-state index in [1.165, 1.54) is 50.6 Å². The average molecular weight is 383 g/mol. The maximum absolute atomic E-state index is 11.4. The van der Waals surface area contributed by atoms with Crippen molar-refractivity contribution in [2.45, 2.75) is 0 Å². The molecule has 2 aromatic carbocycles. The van der Waals surface area contributed by atoms with Gasteiger partial charge in [0.05, 0.1) is 35.4 Å². The third-order valence-electron chi connectivity index (χ3n) is 3.13. The summed E-state index contributed by atoms with van der Waals surface area (Å²) in [4.78, 5) is 22.8. The minimum Gasteiger partial charge on any atom is -0.527 e. The monoisotopic (exact) mass is 382 g/mol. The van der Waals surface area contributed by atoms with Crippen molar-refractivity contribution in [2.75, 3.05) is 14.2 Å². The van der Waals surface area contributed by atoms with Gasteiger partial charge in [0, 0.05) is 0 Å². The highest BCUT2D eigenvalue weighted by atomic mass is 35.5. The van der Waals surface area contributed by atoms with Crippen LogP contribution in [0.25, 0.3) is 0 Å². The smallest absolute Gasteiger partial charge is 0.527 e. The molecule has 0 aliphatic heterocycles. The number of benzene rings is 2. The average Bonchev–Trinajstić information content (AvgIpc) is 2.62. The fourth-order valence-electron chi connectivity index (χ4n) is 1.88. The Balaban J connectivity index is 1.99. The van der Waals surface area contributed by atoms with Gasteiger partial charge >= 0.3 is 19.6 Å². The van der Waals surface area contributed by atoms with Crippen molar-refractivity contribution in [3.8, 4) is 11.5 Å². The van der Waals surface area contributed by atoms with Gasteiger partial charge in [0.2, 0.25) is 0 Å². The zero-order valence-electron chi connectivity index (χ0n) is 13.4. The molecule has 0 aromatic heterocycles. The zero-order chi connectivity index (χ0) is 18.4. The maximum atomic E-state index is 11.4. The van der Waals surface area contributed by atoms with Gasteiger partial charge in [-0.25, -0.2) is 9.59 Å². The van der Waals surface area contributed by atoms with Crippen molar-refractivity contribution in [1.29, 1.82) is 0 Å². The topological polar surface area (TPSA) is 71.1 Å². The fourth-order valence-corrected chi connectivity index (χ4v) is 2.35. The molecule has 130 valence electrons. The molecule has 0 bridgehead atoms. The Labute approximate surface area is 154 Å². The molecule has 0 N–H and O–H groups in total. The summed E-state index contributed by atoms with van der Waals surface area (Å²) in [6, 6.07) is 8.96. The summed E-state index contributed by atoms with van der Waals surface area (Å²) < 4.78 is 20.0. The van der Waals surface area contributed by atoms with E-state index in [1.807, 2.05) is 0 Å². The molecule has 0 amide bonds. The molecular formula is C16H13BCl2O6. The van der Waals surface area contributed by atoms with Crippen LogP contribution >= 0.6 is 23.2 Å². The van der Waals surface area contributed by atoms with E-state index in [9.17, 15) is 9.59 Å². The van der Waals surface area contributed by atoms with Crippen LogP contribution in [0, 0.1) is 0 Å². The molecule has 0 atom stereocenters. The largest absolute Gasteiger partial charge is 0.576 e. The number of halogens is 2. The van der Waals surface area contributed by atoms with E-state index in [0.29, 0.717) is 22.6 Å². The van der Waals surface area contributed by atoms with Crippen molar-refractivity contribution in [3.05, 3.63) is 57.6 Å². The number of hydrogen-bond acceptors (Lipinski definition) is 6. The number of esters is 2. The van der Waals surface area contributed by atoms with Gasteiger partial charge in [-0.2, -0.15) is 0 Å². The van der Waals surface area contributed by atoms with Gasteiger partial charge in [-0.05, 0) is 36.4 Å². The normalized spacial score (nSPS) is 9.92. The first-order valence-electron chi connectivity index (χ1n) is 6.97. The van der Waals surface area contributed by atoms with Crippen LogP contribution in [0.2, 0.25) is 10.0 Å². The SMILES string of the molecule is COC(=O)c1ccc(OBOc2ccc(C(=O)OC)cc2Cl)c(Cl)c1. The van der Waals surface area contributed by atoms with Crippen LogP contribution in [0.5, 0.6) is 11.5 Å². The number of hydrogen-bond donors (Lipinski definition) is 0. The molecule has 2 aromatic rings. The van der Waals surface area contributed by atoms with Crippen molar-refractivity contribution in [2.24, 2.45) is 0 Å². The van der Waals surface area contributed by atoms with E-state index in [4.69, 9.17) is 32.5 Å². The van der Waals surface area contributed by atoms with E-state index >= 15 is 0 Å². The van der Waals surface area contributed by atoms with Crippen molar-refractivity contribution in [3.63, 3.8) is 0 Å². The summed E-state index contributed by atoms with van der Waals surface area (Å²) in [5, 5.41) is 0.470. The molecule has 0 spiro atoms.